The summed E-state index contributed by atoms with van der Waals surface area (Å²) in [6.45, 7) is 2.08. The van der Waals surface area contributed by atoms with E-state index in [2.05, 4.69) is 6.92 Å². The van der Waals surface area contributed by atoms with Gasteiger partial charge in [0.05, 0.1) is 4.21 Å². The van der Waals surface area contributed by atoms with Gasteiger partial charge in [-0.3, -0.25) is 4.21 Å². The van der Waals surface area contributed by atoms with Gasteiger partial charge in [-0.25, -0.2) is 0 Å². The van der Waals surface area contributed by atoms with Gasteiger partial charge >= 0.3 is 0 Å². The minimum absolute atomic E-state index is 0.438. The van der Waals surface area contributed by atoms with Gasteiger partial charge in [0.15, 0.2) is 0 Å². The third kappa shape index (κ3) is 2.39. The van der Waals surface area contributed by atoms with Crippen molar-refractivity contribution in [3.8, 4) is 0 Å². The van der Waals surface area contributed by atoms with Crippen molar-refractivity contribution in [3.05, 3.63) is 17.0 Å². The van der Waals surface area contributed by atoms with Crippen molar-refractivity contribution in [1.82, 2.24) is 0 Å². The molecule has 0 fully saturated rings. The van der Waals surface area contributed by atoms with E-state index in [1.165, 1.54) is 11.3 Å². The van der Waals surface area contributed by atoms with Gasteiger partial charge in [0.2, 0.25) is 0 Å². The van der Waals surface area contributed by atoms with E-state index in [1.807, 2.05) is 6.07 Å². The quantitative estimate of drug-likeness (QED) is 0.682. The summed E-state index contributed by atoms with van der Waals surface area (Å²) in [5, 5.41) is 0. The Kier molecular flexibility index (Phi) is 3.23. The molecule has 0 N–H and O–H groups in total. The minimum atomic E-state index is -2.04. The maximum atomic E-state index is 10.4. The molecule has 1 rings (SSSR count). The SMILES string of the molecule is CCCc1ccc(S(=O)[O-])s1. The van der Waals surface area contributed by atoms with Crippen LogP contribution in [0.25, 0.3) is 0 Å². The molecule has 1 aromatic heterocycles. The first-order valence-corrected chi connectivity index (χ1v) is 5.31. The van der Waals surface area contributed by atoms with E-state index in [0.717, 1.165) is 17.7 Å². The van der Waals surface area contributed by atoms with E-state index < -0.39 is 11.1 Å². The minimum Gasteiger partial charge on any atom is -0.768 e. The fourth-order valence-electron chi connectivity index (χ4n) is 0.829. The molecule has 0 aliphatic heterocycles. The highest BCUT2D eigenvalue weighted by Gasteiger charge is 1.98. The van der Waals surface area contributed by atoms with Gasteiger partial charge in [0, 0.05) is 4.88 Å². The van der Waals surface area contributed by atoms with Crippen LogP contribution >= 0.6 is 11.3 Å². The van der Waals surface area contributed by atoms with E-state index in [9.17, 15) is 8.76 Å². The van der Waals surface area contributed by atoms with Crippen molar-refractivity contribution in [2.75, 3.05) is 0 Å². The highest BCUT2D eigenvalue weighted by Crippen LogP contribution is 2.19. The molecule has 2 nitrogen and oxygen atoms in total. The highest BCUT2D eigenvalue weighted by atomic mass is 32.2. The first-order valence-electron chi connectivity index (χ1n) is 3.42. The van der Waals surface area contributed by atoms with Gasteiger partial charge in [-0.05, 0) is 29.6 Å². The van der Waals surface area contributed by atoms with E-state index in [0.29, 0.717) is 4.21 Å². The van der Waals surface area contributed by atoms with E-state index in [-0.39, 0.29) is 0 Å². The molecule has 4 heteroatoms. The summed E-state index contributed by atoms with van der Waals surface area (Å²) >= 11 is -0.690. The molecule has 1 aromatic rings. The average molecular weight is 189 g/mol. The van der Waals surface area contributed by atoms with Gasteiger partial charge in [-0.2, -0.15) is 0 Å². The molecular weight excluding hydrogens is 180 g/mol. The van der Waals surface area contributed by atoms with Crippen molar-refractivity contribution in [2.45, 2.75) is 24.0 Å². The van der Waals surface area contributed by atoms with Gasteiger partial charge in [-0.15, -0.1) is 11.3 Å². The molecule has 1 atom stereocenters. The summed E-state index contributed by atoms with van der Waals surface area (Å²) in [5.41, 5.74) is 0. The van der Waals surface area contributed by atoms with Crippen molar-refractivity contribution in [3.63, 3.8) is 0 Å². The molecule has 1 heterocycles. The second-order valence-corrected chi connectivity index (χ2v) is 4.54. The summed E-state index contributed by atoms with van der Waals surface area (Å²) in [4.78, 5) is 1.15. The van der Waals surface area contributed by atoms with Crippen LogP contribution in [0.2, 0.25) is 0 Å². The van der Waals surface area contributed by atoms with Crippen LogP contribution in [0, 0.1) is 0 Å². The molecule has 0 aliphatic rings. The van der Waals surface area contributed by atoms with Gasteiger partial charge < -0.3 is 4.55 Å². The Morgan fingerprint density at radius 1 is 1.64 bits per heavy atom. The molecular formula is C7H9O2S2-. The number of thiophene rings is 1. The molecule has 0 bridgehead atoms. The number of aryl methyl sites for hydroxylation is 1. The largest absolute Gasteiger partial charge is 0.768 e. The van der Waals surface area contributed by atoms with Crippen molar-refractivity contribution >= 4 is 22.4 Å². The Bertz CT molecular complexity index is 255. The molecule has 0 aromatic carbocycles. The molecule has 62 valence electrons. The molecule has 11 heavy (non-hydrogen) atoms. The summed E-state index contributed by atoms with van der Waals surface area (Å²) < 4.78 is 21.3. The lowest BCUT2D eigenvalue weighted by Crippen LogP contribution is -1.80. The number of hydrogen-bond acceptors (Lipinski definition) is 3. The van der Waals surface area contributed by atoms with Crippen LogP contribution in [0.1, 0.15) is 18.2 Å². The molecule has 0 spiro atoms. The molecule has 0 saturated carbocycles. The van der Waals surface area contributed by atoms with Crippen LogP contribution in [0.3, 0.4) is 0 Å². The molecule has 0 radical (unpaired) electrons. The zero-order chi connectivity index (χ0) is 8.27. The maximum absolute atomic E-state index is 10.4. The van der Waals surface area contributed by atoms with Crippen LogP contribution in [0.5, 0.6) is 0 Å². The van der Waals surface area contributed by atoms with Crippen LogP contribution in [0.4, 0.5) is 0 Å². The number of rotatable bonds is 3. The Balaban J connectivity index is 2.73. The summed E-state index contributed by atoms with van der Waals surface area (Å²) in [6, 6.07) is 3.53. The average Bonchev–Trinajstić information content (AvgIpc) is 2.37. The Labute approximate surface area is 72.5 Å². The van der Waals surface area contributed by atoms with Crippen molar-refractivity contribution in [2.24, 2.45) is 0 Å². The number of hydrogen-bond donors (Lipinski definition) is 0. The lowest BCUT2D eigenvalue weighted by Gasteiger charge is -1.97. The smallest absolute Gasteiger partial charge is 0.0774 e. The van der Waals surface area contributed by atoms with Crippen molar-refractivity contribution < 1.29 is 8.76 Å². The summed E-state index contributed by atoms with van der Waals surface area (Å²) in [5.74, 6) is 0. The molecule has 0 saturated heterocycles. The third-order valence-corrected chi connectivity index (χ3v) is 3.36. The monoisotopic (exact) mass is 189 g/mol. The first-order chi connectivity index (χ1) is 5.24. The summed E-state index contributed by atoms with van der Waals surface area (Å²) in [7, 11) is 0. The fourth-order valence-corrected chi connectivity index (χ4v) is 2.44. The third-order valence-electron chi connectivity index (χ3n) is 1.30. The normalized spacial score (nSPS) is 13.3. The zero-order valence-corrected chi connectivity index (χ0v) is 7.83. The van der Waals surface area contributed by atoms with E-state index in [4.69, 9.17) is 0 Å². The van der Waals surface area contributed by atoms with E-state index >= 15 is 0 Å². The molecule has 1 unspecified atom stereocenters. The lowest BCUT2D eigenvalue weighted by atomic mass is 10.3. The summed E-state index contributed by atoms with van der Waals surface area (Å²) in [6.07, 6.45) is 2.04. The Morgan fingerprint density at radius 3 is 2.82 bits per heavy atom. The Morgan fingerprint density at radius 2 is 2.36 bits per heavy atom. The highest BCUT2D eigenvalue weighted by molar-refractivity contribution is 7.81. The van der Waals surface area contributed by atoms with Gasteiger partial charge in [0.1, 0.15) is 0 Å². The van der Waals surface area contributed by atoms with Gasteiger partial charge in [0.25, 0.3) is 0 Å². The molecule has 0 amide bonds. The fraction of sp³-hybridized carbons (Fsp3) is 0.429. The van der Waals surface area contributed by atoms with E-state index in [1.54, 1.807) is 6.07 Å². The van der Waals surface area contributed by atoms with Crippen LogP contribution in [0.15, 0.2) is 16.3 Å². The predicted octanol–water partition coefficient (Wildman–Crippen LogP) is 1.94. The van der Waals surface area contributed by atoms with Crippen molar-refractivity contribution in [1.29, 1.82) is 0 Å². The maximum Gasteiger partial charge on any atom is 0.0774 e. The second-order valence-electron chi connectivity index (χ2n) is 2.21. The topological polar surface area (TPSA) is 40.1 Å². The second kappa shape index (κ2) is 3.99. The zero-order valence-electron chi connectivity index (χ0n) is 6.20. The lowest BCUT2D eigenvalue weighted by molar-refractivity contribution is 0.539. The van der Waals surface area contributed by atoms with Gasteiger partial charge in [-0.1, -0.05) is 13.3 Å². The molecule has 0 aliphatic carbocycles. The standard InChI is InChI=1S/C7H10O2S2/c1-2-3-6-4-5-7(10-6)11(8)9/h4-5H,2-3H2,1H3,(H,8,9)/p-1. The van der Waals surface area contributed by atoms with Crippen LogP contribution in [-0.2, 0) is 17.5 Å². The predicted molar refractivity (Wildman–Crippen MR) is 45.5 cm³/mol. The van der Waals surface area contributed by atoms with Crippen LogP contribution in [-0.4, -0.2) is 8.76 Å². The Hall–Kier alpha value is -0.190. The van der Waals surface area contributed by atoms with Crippen LogP contribution < -0.4 is 0 Å². The first kappa shape index (κ1) is 8.90.